The number of carbonyl (C=O) groups excluding carboxylic acids is 1. The van der Waals surface area contributed by atoms with Crippen LogP contribution < -0.4 is 0 Å². The predicted octanol–water partition coefficient (Wildman–Crippen LogP) is 2.09. The molecule has 1 unspecified atom stereocenters. The van der Waals surface area contributed by atoms with Gasteiger partial charge in [-0.3, -0.25) is 9.59 Å². The van der Waals surface area contributed by atoms with Gasteiger partial charge in [-0.1, -0.05) is 0 Å². The molecule has 1 N–H and O–H groups in total. The third kappa shape index (κ3) is 3.75. The Balaban J connectivity index is 1.62. The fourth-order valence-electron chi connectivity index (χ4n) is 3.84. The lowest BCUT2D eigenvalue weighted by Gasteiger charge is -2.28. The lowest BCUT2D eigenvalue weighted by molar-refractivity contribution is -0.145. The van der Waals surface area contributed by atoms with E-state index in [1.54, 1.807) is 4.90 Å². The maximum atomic E-state index is 13.0. The summed E-state index contributed by atoms with van der Waals surface area (Å²) in [5.74, 6) is -2.00. The molecule has 1 aliphatic carbocycles. The van der Waals surface area contributed by atoms with E-state index in [4.69, 9.17) is 5.11 Å². The van der Waals surface area contributed by atoms with Crippen LogP contribution in [0.15, 0.2) is 29.2 Å². The zero-order chi connectivity index (χ0) is 18.9. The Kier molecular flexibility index (Phi) is 5.32. The Hall–Kier alpha value is -1.96. The molecule has 1 amide bonds. The topological polar surface area (TPSA) is 91.8 Å². The van der Waals surface area contributed by atoms with Crippen LogP contribution in [0, 0.1) is 17.7 Å². The highest BCUT2D eigenvalue weighted by molar-refractivity contribution is 7.92. The molecule has 0 spiro atoms. The summed E-state index contributed by atoms with van der Waals surface area (Å²) in [4.78, 5) is 25.3. The summed E-state index contributed by atoms with van der Waals surface area (Å²) in [6.07, 6.45) is 2.38. The maximum Gasteiger partial charge on any atom is 0.306 e. The molecule has 142 valence electrons. The molecule has 1 aromatic carbocycles. The van der Waals surface area contributed by atoms with Crippen molar-refractivity contribution < 1.29 is 27.5 Å². The van der Waals surface area contributed by atoms with E-state index in [0.29, 0.717) is 38.6 Å². The largest absolute Gasteiger partial charge is 0.481 e. The molecule has 6 nitrogen and oxygen atoms in total. The summed E-state index contributed by atoms with van der Waals surface area (Å²) >= 11 is 0. The van der Waals surface area contributed by atoms with Crippen LogP contribution in [-0.4, -0.2) is 48.6 Å². The number of likely N-dealkylation sites (tertiary alicyclic amines) is 1. The summed E-state index contributed by atoms with van der Waals surface area (Å²) in [5, 5.41) is 8.35. The van der Waals surface area contributed by atoms with E-state index in [1.807, 2.05) is 0 Å². The Labute approximate surface area is 151 Å². The molecular weight excluding hydrogens is 361 g/mol. The molecule has 26 heavy (non-hydrogen) atoms. The first-order valence-corrected chi connectivity index (χ1v) is 10.3. The van der Waals surface area contributed by atoms with Crippen molar-refractivity contribution in [3.8, 4) is 0 Å². The molecule has 0 bridgehead atoms. The second-order valence-corrected chi connectivity index (χ2v) is 9.31. The number of carboxylic acid groups (broad SMARTS) is 1. The van der Waals surface area contributed by atoms with Gasteiger partial charge in [0.15, 0.2) is 9.84 Å². The smallest absolute Gasteiger partial charge is 0.306 e. The second kappa shape index (κ2) is 7.34. The summed E-state index contributed by atoms with van der Waals surface area (Å²) in [6, 6.07) is 4.74. The lowest BCUT2D eigenvalue weighted by atomic mass is 9.81. The van der Waals surface area contributed by atoms with Crippen LogP contribution >= 0.6 is 0 Å². The first-order valence-electron chi connectivity index (χ1n) is 8.80. The van der Waals surface area contributed by atoms with E-state index >= 15 is 0 Å². The van der Waals surface area contributed by atoms with Gasteiger partial charge in [0.2, 0.25) is 5.91 Å². The molecule has 1 saturated carbocycles. The van der Waals surface area contributed by atoms with Gasteiger partial charge >= 0.3 is 5.97 Å². The van der Waals surface area contributed by atoms with Crippen molar-refractivity contribution in [2.45, 2.75) is 42.2 Å². The van der Waals surface area contributed by atoms with Gasteiger partial charge in [-0.05, 0) is 56.4 Å². The molecule has 1 atom stereocenters. The van der Waals surface area contributed by atoms with Gasteiger partial charge in [-0.25, -0.2) is 12.8 Å². The average molecular weight is 383 g/mol. The predicted molar refractivity (Wildman–Crippen MR) is 91.7 cm³/mol. The molecule has 0 aromatic heterocycles. The minimum atomic E-state index is -3.61. The molecule has 3 rings (SSSR count). The number of halogens is 1. The summed E-state index contributed by atoms with van der Waals surface area (Å²) in [6.45, 7) is 0.514. The quantitative estimate of drug-likeness (QED) is 0.804. The van der Waals surface area contributed by atoms with Gasteiger partial charge in [-0.2, -0.15) is 0 Å². The van der Waals surface area contributed by atoms with Crippen molar-refractivity contribution >= 4 is 21.7 Å². The monoisotopic (exact) mass is 383 g/mol. The van der Waals surface area contributed by atoms with E-state index in [2.05, 4.69) is 0 Å². The highest BCUT2D eigenvalue weighted by atomic mass is 32.2. The fourth-order valence-corrected chi connectivity index (χ4v) is 5.54. The van der Waals surface area contributed by atoms with Gasteiger partial charge in [0.05, 0.1) is 16.1 Å². The standard InChI is InChI=1S/C18H22FNO5S/c19-14-5-7-15(8-6-14)26(24,25)16-9-10-20(11-16)17(21)12-1-3-13(4-2-12)18(22)23/h5-8,12-13,16H,1-4,9-11H2,(H,22,23). The van der Waals surface area contributed by atoms with E-state index in [0.717, 1.165) is 12.1 Å². The zero-order valence-electron chi connectivity index (χ0n) is 14.3. The van der Waals surface area contributed by atoms with E-state index in [-0.39, 0.29) is 29.2 Å². The van der Waals surface area contributed by atoms with Crippen molar-refractivity contribution in [3.05, 3.63) is 30.1 Å². The molecule has 2 aliphatic rings. The van der Waals surface area contributed by atoms with Crippen LogP contribution in [0.3, 0.4) is 0 Å². The van der Waals surface area contributed by atoms with Crippen LogP contribution in [0.2, 0.25) is 0 Å². The highest BCUT2D eigenvalue weighted by Crippen LogP contribution is 2.32. The van der Waals surface area contributed by atoms with Gasteiger partial charge in [0.1, 0.15) is 5.82 Å². The molecule has 1 aliphatic heterocycles. The van der Waals surface area contributed by atoms with Crippen molar-refractivity contribution in [3.63, 3.8) is 0 Å². The number of carboxylic acids is 1. The maximum absolute atomic E-state index is 13.0. The summed E-state index contributed by atoms with van der Waals surface area (Å²) in [5.41, 5.74) is 0. The number of amides is 1. The van der Waals surface area contributed by atoms with Crippen molar-refractivity contribution in [1.82, 2.24) is 4.90 Å². The summed E-state index contributed by atoms with van der Waals surface area (Å²) < 4.78 is 38.4. The van der Waals surface area contributed by atoms with E-state index in [9.17, 15) is 22.4 Å². The molecule has 0 radical (unpaired) electrons. The zero-order valence-corrected chi connectivity index (χ0v) is 15.1. The van der Waals surface area contributed by atoms with E-state index in [1.165, 1.54) is 12.1 Å². The number of carbonyl (C=O) groups is 2. The van der Waals surface area contributed by atoms with Crippen LogP contribution in [0.25, 0.3) is 0 Å². The van der Waals surface area contributed by atoms with Crippen LogP contribution in [0.4, 0.5) is 4.39 Å². The van der Waals surface area contributed by atoms with Gasteiger partial charge in [0, 0.05) is 19.0 Å². The Bertz CT molecular complexity index is 784. The first kappa shape index (κ1) is 18.8. The number of sulfone groups is 1. The van der Waals surface area contributed by atoms with Crippen LogP contribution in [0.5, 0.6) is 0 Å². The number of rotatable bonds is 4. The SMILES string of the molecule is O=C(O)C1CCC(C(=O)N2CCC(S(=O)(=O)c3ccc(F)cc3)C2)CC1. The van der Waals surface area contributed by atoms with Crippen molar-refractivity contribution in [2.24, 2.45) is 11.8 Å². The Morgan fingerprint density at radius 1 is 1.00 bits per heavy atom. The fraction of sp³-hybridized carbons (Fsp3) is 0.556. The first-order chi connectivity index (χ1) is 12.3. The van der Waals surface area contributed by atoms with Crippen molar-refractivity contribution in [2.75, 3.05) is 13.1 Å². The normalized spacial score (nSPS) is 26.7. The molecule has 1 heterocycles. The van der Waals surface area contributed by atoms with Gasteiger partial charge in [0.25, 0.3) is 0 Å². The molecule has 8 heteroatoms. The van der Waals surface area contributed by atoms with Gasteiger partial charge < -0.3 is 10.0 Å². The highest BCUT2D eigenvalue weighted by Gasteiger charge is 2.39. The average Bonchev–Trinajstić information content (AvgIpc) is 3.12. The molecule has 1 saturated heterocycles. The second-order valence-electron chi connectivity index (χ2n) is 7.08. The van der Waals surface area contributed by atoms with Crippen LogP contribution in [0.1, 0.15) is 32.1 Å². The third-order valence-corrected chi connectivity index (χ3v) is 7.66. The van der Waals surface area contributed by atoms with Crippen molar-refractivity contribution in [1.29, 1.82) is 0 Å². The summed E-state index contributed by atoms with van der Waals surface area (Å²) in [7, 11) is -3.61. The number of hydrogen-bond donors (Lipinski definition) is 1. The lowest BCUT2D eigenvalue weighted by Crippen LogP contribution is -2.38. The Morgan fingerprint density at radius 3 is 2.15 bits per heavy atom. The number of aliphatic carboxylic acids is 1. The minimum absolute atomic E-state index is 0.0696. The van der Waals surface area contributed by atoms with Crippen LogP contribution in [-0.2, 0) is 19.4 Å². The Morgan fingerprint density at radius 2 is 1.58 bits per heavy atom. The molecular formula is C18H22FNO5S. The molecule has 2 fully saturated rings. The minimum Gasteiger partial charge on any atom is -0.481 e. The number of hydrogen-bond acceptors (Lipinski definition) is 4. The van der Waals surface area contributed by atoms with Gasteiger partial charge in [-0.15, -0.1) is 0 Å². The molecule has 1 aromatic rings. The number of benzene rings is 1. The number of nitrogens with zero attached hydrogens (tertiary/aromatic N) is 1. The third-order valence-electron chi connectivity index (χ3n) is 5.46. The van der Waals surface area contributed by atoms with E-state index < -0.39 is 26.9 Å².